The second kappa shape index (κ2) is 11.6. The second-order valence-corrected chi connectivity index (χ2v) is 8.19. The summed E-state index contributed by atoms with van der Waals surface area (Å²) in [5.74, 6) is -4.10. The van der Waals surface area contributed by atoms with Crippen LogP contribution < -0.4 is 16.6 Å². The van der Waals surface area contributed by atoms with Gasteiger partial charge in [0.15, 0.2) is 29.4 Å². The van der Waals surface area contributed by atoms with Crippen LogP contribution in [0.1, 0.15) is 5.56 Å². The van der Waals surface area contributed by atoms with E-state index in [1.54, 1.807) is 24.3 Å². The summed E-state index contributed by atoms with van der Waals surface area (Å²) in [6.07, 6.45) is 1.41. The number of nitrogens with one attached hydrogen (secondary N) is 1. The van der Waals surface area contributed by atoms with Crippen molar-refractivity contribution in [1.82, 2.24) is 18.7 Å². The Hall–Kier alpha value is -4.65. The normalized spacial score (nSPS) is 11.0. The molecule has 0 fully saturated rings. The molecule has 0 unspecified atom stereocenters. The van der Waals surface area contributed by atoms with Crippen LogP contribution in [0.25, 0.3) is 11.2 Å². The zero-order valence-electron chi connectivity index (χ0n) is 20.2. The SMILES string of the molecule is COCCn1cnc2c1c(=O)n(CC(=O)OCC(=O)Nc1ccc(F)c(F)c1)c(=O)n2Cc1ccccc1. The number of methoxy groups -OCH3 is 1. The number of carbonyl (C=O) groups is 2. The molecule has 0 saturated carbocycles. The van der Waals surface area contributed by atoms with Crippen molar-refractivity contribution in [2.45, 2.75) is 19.6 Å². The largest absolute Gasteiger partial charge is 0.454 e. The van der Waals surface area contributed by atoms with Gasteiger partial charge in [0.05, 0.1) is 19.5 Å². The highest BCUT2D eigenvalue weighted by molar-refractivity contribution is 5.92. The number of ether oxygens (including phenoxy) is 2. The van der Waals surface area contributed by atoms with Crippen LogP contribution in [0.4, 0.5) is 14.5 Å². The Morgan fingerprint density at radius 3 is 2.50 bits per heavy atom. The third-order valence-corrected chi connectivity index (χ3v) is 5.56. The van der Waals surface area contributed by atoms with Crippen LogP contribution in [0.3, 0.4) is 0 Å². The van der Waals surface area contributed by atoms with Crippen molar-refractivity contribution in [2.75, 3.05) is 25.6 Å². The number of hydrogen-bond donors (Lipinski definition) is 1. The number of imidazole rings is 1. The molecule has 13 heteroatoms. The van der Waals surface area contributed by atoms with E-state index in [-0.39, 0.29) is 36.5 Å². The molecular formula is C25H23F2N5O6. The third-order valence-electron chi connectivity index (χ3n) is 5.56. The van der Waals surface area contributed by atoms with Crippen molar-refractivity contribution in [1.29, 1.82) is 0 Å². The predicted molar refractivity (Wildman–Crippen MR) is 132 cm³/mol. The smallest absolute Gasteiger partial charge is 0.333 e. The maximum absolute atomic E-state index is 13.3. The van der Waals surface area contributed by atoms with Crippen LogP contribution in [0, 0.1) is 11.6 Å². The number of benzene rings is 2. The van der Waals surface area contributed by atoms with E-state index in [0.717, 1.165) is 23.8 Å². The van der Waals surface area contributed by atoms with Crippen LogP contribution in [0.15, 0.2) is 64.4 Å². The lowest BCUT2D eigenvalue weighted by atomic mass is 10.2. The Morgan fingerprint density at radius 1 is 1.03 bits per heavy atom. The molecule has 198 valence electrons. The molecule has 2 aromatic carbocycles. The van der Waals surface area contributed by atoms with Gasteiger partial charge in [0, 0.05) is 25.4 Å². The zero-order chi connectivity index (χ0) is 27.2. The van der Waals surface area contributed by atoms with Gasteiger partial charge in [0.2, 0.25) is 0 Å². The molecule has 1 N–H and O–H groups in total. The first-order valence-corrected chi connectivity index (χ1v) is 11.4. The maximum Gasteiger partial charge on any atom is 0.333 e. The first-order chi connectivity index (χ1) is 18.3. The summed E-state index contributed by atoms with van der Waals surface area (Å²) in [5.41, 5.74) is -0.571. The zero-order valence-corrected chi connectivity index (χ0v) is 20.2. The van der Waals surface area contributed by atoms with Gasteiger partial charge in [-0.3, -0.25) is 19.0 Å². The molecule has 0 spiro atoms. The van der Waals surface area contributed by atoms with Crippen molar-refractivity contribution in [2.24, 2.45) is 0 Å². The first-order valence-electron chi connectivity index (χ1n) is 11.4. The second-order valence-electron chi connectivity index (χ2n) is 8.19. The number of aromatic nitrogens is 4. The molecule has 0 aliphatic heterocycles. The van der Waals surface area contributed by atoms with Crippen molar-refractivity contribution in [3.05, 3.63) is 92.9 Å². The first kappa shape index (κ1) is 26.4. The number of carbonyl (C=O) groups excluding carboxylic acids is 2. The van der Waals surface area contributed by atoms with Gasteiger partial charge in [-0.2, -0.15) is 0 Å². The van der Waals surface area contributed by atoms with E-state index < -0.39 is 47.9 Å². The highest BCUT2D eigenvalue weighted by atomic mass is 19.2. The average Bonchev–Trinajstić information content (AvgIpc) is 3.33. The van der Waals surface area contributed by atoms with Gasteiger partial charge in [0.25, 0.3) is 11.5 Å². The minimum absolute atomic E-state index is 0.0419. The molecule has 0 atom stereocenters. The topological polar surface area (TPSA) is 126 Å². The summed E-state index contributed by atoms with van der Waals surface area (Å²) < 4.78 is 39.9. The number of esters is 1. The molecule has 0 radical (unpaired) electrons. The lowest BCUT2D eigenvalue weighted by Gasteiger charge is -2.13. The van der Waals surface area contributed by atoms with Gasteiger partial charge in [-0.15, -0.1) is 0 Å². The summed E-state index contributed by atoms with van der Waals surface area (Å²) in [6, 6.07) is 11.8. The standard InChI is InChI=1S/C25H23F2N5O6/c1-37-10-9-30-15-28-23-22(30)24(35)32(25(36)31(23)12-16-5-3-2-4-6-16)13-21(34)38-14-20(33)29-17-7-8-18(26)19(27)11-17/h2-8,11,15H,9-10,12-14H2,1H3,(H,29,33). The minimum Gasteiger partial charge on any atom is -0.454 e. The molecule has 2 aromatic heterocycles. The summed E-state index contributed by atoms with van der Waals surface area (Å²) in [4.78, 5) is 55.4. The highest BCUT2D eigenvalue weighted by Crippen LogP contribution is 2.13. The van der Waals surface area contributed by atoms with Crippen molar-refractivity contribution >= 4 is 28.7 Å². The van der Waals surface area contributed by atoms with Crippen molar-refractivity contribution in [3.63, 3.8) is 0 Å². The molecule has 4 rings (SSSR count). The van der Waals surface area contributed by atoms with Crippen LogP contribution >= 0.6 is 0 Å². The molecule has 0 saturated heterocycles. The number of anilines is 1. The van der Waals surface area contributed by atoms with E-state index in [9.17, 15) is 28.0 Å². The summed E-state index contributed by atoms with van der Waals surface area (Å²) in [6.45, 7) is -0.906. The van der Waals surface area contributed by atoms with E-state index >= 15 is 0 Å². The summed E-state index contributed by atoms with van der Waals surface area (Å²) in [7, 11) is 1.50. The Labute approximate surface area is 213 Å². The number of hydrogen-bond acceptors (Lipinski definition) is 7. The highest BCUT2D eigenvalue weighted by Gasteiger charge is 2.21. The fraction of sp³-hybridized carbons (Fsp3) is 0.240. The molecule has 0 aliphatic carbocycles. The minimum atomic E-state index is -1.16. The number of halogens is 2. The molecule has 0 aliphatic rings. The Bertz CT molecular complexity index is 1600. The van der Waals surface area contributed by atoms with Crippen LogP contribution in [0.2, 0.25) is 0 Å². The van der Waals surface area contributed by atoms with Crippen LogP contribution in [-0.2, 0) is 38.7 Å². The number of nitrogens with zero attached hydrogens (tertiary/aromatic N) is 4. The lowest BCUT2D eigenvalue weighted by Crippen LogP contribution is -2.43. The lowest BCUT2D eigenvalue weighted by molar-refractivity contribution is -0.148. The molecule has 38 heavy (non-hydrogen) atoms. The van der Waals surface area contributed by atoms with Crippen molar-refractivity contribution in [3.8, 4) is 0 Å². The Kier molecular flexibility index (Phi) is 8.06. The fourth-order valence-electron chi connectivity index (χ4n) is 3.74. The van der Waals surface area contributed by atoms with E-state index in [2.05, 4.69) is 10.3 Å². The third kappa shape index (κ3) is 5.83. The van der Waals surface area contributed by atoms with Crippen LogP contribution in [-0.4, -0.2) is 50.9 Å². The summed E-state index contributed by atoms with van der Waals surface area (Å²) in [5, 5.41) is 2.26. The maximum atomic E-state index is 13.3. The van der Waals surface area contributed by atoms with Crippen molar-refractivity contribution < 1.29 is 27.8 Å². The molecule has 1 amide bonds. The van der Waals surface area contributed by atoms with E-state index in [4.69, 9.17) is 9.47 Å². The molecule has 2 heterocycles. The number of fused-ring (bicyclic) bond motifs is 1. The van der Waals surface area contributed by atoms with Gasteiger partial charge in [-0.1, -0.05) is 30.3 Å². The molecule has 0 bridgehead atoms. The quantitative estimate of drug-likeness (QED) is 0.310. The fourth-order valence-corrected chi connectivity index (χ4v) is 3.74. The molecule has 4 aromatic rings. The molecule has 11 nitrogen and oxygen atoms in total. The number of rotatable bonds is 10. The van der Waals surface area contributed by atoms with E-state index in [1.807, 2.05) is 6.07 Å². The average molecular weight is 527 g/mol. The van der Waals surface area contributed by atoms with Gasteiger partial charge < -0.3 is 19.4 Å². The van der Waals surface area contributed by atoms with E-state index in [1.165, 1.54) is 22.6 Å². The Morgan fingerprint density at radius 2 is 1.79 bits per heavy atom. The van der Waals surface area contributed by atoms with Gasteiger partial charge in [0.1, 0.15) is 6.54 Å². The van der Waals surface area contributed by atoms with E-state index in [0.29, 0.717) is 4.57 Å². The Balaban J connectivity index is 1.57. The predicted octanol–water partition coefficient (Wildman–Crippen LogP) is 1.51. The summed E-state index contributed by atoms with van der Waals surface area (Å²) >= 11 is 0. The number of amides is 1. The monoisotopic (exact) mass is 527 g/mol. The van der Waals surface area contributed by atoms with Gasteiger partial charge in [-0.05, 0) is 17.7 Å². The van der Waals surface area contributed by atoms with Gasteiger partial charge in [-0.25, -0.2) is 23.1 Å². The molecular weight excluding hydrogens is 504 g/mol. The van der Waals surface area contributed by atoms with Gasteiger partial charge >= 0.3 is 11.7 Å². The van der Waals surface area contributed by atoms with Crippen LogP contribution in [0.5, 0.6) is 0 Å².